The molecule has 32 heavy (non-hydrogen) atoms. The number of para-hydroxylation sites is 1. The SMILES string of the molecule is Cc1cc([N+](=O)[O-])ccc1N1C(=O)[C@H]2[C@@H](C1=O)[C@]1(C(=O)Nc3ccccc31)N1CCC[C@@H]21. The highest BCUT2D eigenvalue weighted by Gasteiger charge is 2.74. The van der Waals surface area contributed by atoms with E-state index in [-0.39, 0.29) is 23.5 Å². The predicted octanol–water partition coefficient (Wildman–Crippen LogP) is 2.33. The van der Waals surface area contributed by atoms with Crippen molar-refractivity contribution in [3.63, 3.8) is 0 Å². The van der Waals surface area contributed by atoms with Crippen LogP contribution in [-0.4, -0.2) is 40.1 Å². The van der Waals surface area contributed by atoms with Crippen LogP contribution in [0, 0.1) is 28.9 Å². The van der Waals surface area contributed by atoms with Crippen LogP contribution < -0.4 is 10.2 Å². The number of fused-ring (bicyclic) bond motifs is 7. The summed E-state index contributed by atoms with van der Waals surface area (Å²) >= 11 is 0. The van der Waals surface area contributed by atoms with Crippen LogP contribution >= 0.6 is 0 Å². The van der Waals surface area contributed by atoms with Gasteiger partial charge in [-0.25, -0.2) is 4.90 Å². The van der Waals surface area contributed by atoms with E-state index in [1.807, 2.05) is 24.3 Å². The lowest BCUT2D eigenvalue weighted by Crippen LogP contribution is -2.54. The Hall–Kier alpha value is -3.59. The lowest BCUT2D eigenvalue weighted by molar-refractivity contribution is -0.384. The number of non-ortho nitro benzene ring substituents is 1. The molecule has 1 N–H and O–H groups in total. The summed E-state index contributed by atoms with van der Waals surface area (Å²) in [5.74, 6) is -2.47. The van der Waals surface area contributed by atoms with Gasteiger partial charge in [-0.1, -0.05) is 18.2 Å². The monoisotopic (exact) mass is 432 g/mol. The molecule has 0 bridgehead atoms. The smallest absolute Gasteiger partial charge is 0.269 e. The minimum Gasteiger partial charge on any atom is -0.324 e. The van der Waals surface area contributed by atoms with Gasteiger partial charge in [0, 0.05) is 29.4 Å². The maximum absolute atomic E-state index is 13.9. The molecule has 4 aliphatic rings. The fourth-order valence-corrected chi connectivity index (χ4v) is 6.40. The third-order valence-electron chi connectivity index (χ3n) is 7.53. The summed E-state index contributed by atoms with van der Waals surface area (Å²) in [6.45, 7) is 2.29. The van der Waals surface area contributed by atoms with Gasteiger partial charge in [-0.05, 0) is 44.0 Å². The maximum atomic E-state index is 13.9. The minimum atomic E-state index is -1.21. The quantitative estimate of drug-likeness (QED) is 0.443. The second-order valence-corrected chi connectivity index (χ2v) is 8.91. The van der Waals surface area contributed by atoms with Crippen molar-refractivity contribution in [3.8, 4) is 0 Å². The van der Waals surface area contributed by atoms with Gasteiger partial charge in [0.05, 0.1) is 22.4 Å². The molecule has 4 atom stereocenters. The summed E-state index contributed by atoms with van der Waals surface area (Å²) < 4.78 is 0. The zero-order chi connectivity index (χ0) is 22.4. The molecule has 0 aliphatic carbocycles. The molecule has 0 radical (unpaired) electrons. The van der Waals surface area contributed by atoms with E-state index in [2.05, 4.69) is 10.2 Å². The molecule has 162 valence electrons. The number of hydrogen-bond donors (Lipinski definition) is 1. The maximum Gasteiger partial charge on any atom is 0.269 e. The molecule has 0 unspecified atom stereocenters. The van der Waals surface area contributed by atoms with E-state index in [1.165, 1.54) is 18.2 Å². The number of benzene rings is 2. The first kappa shape index (κ1) is 19.1. The van der Waals surface area contributed by atoms with Crippen LogP contribution in [0.1, 0.15) is 24.0 Å². The minimum absolute atomic E-state index is 0.104. The van der Waals surface area contributed by atoms with Crippen LogP contribution in [-0.2, 0) is 19.9 Å². The molecule has 0 aromatic heterocycles. The van der Waals surface area contributed by atoms with E-state index in [0.29, 0.717) is 23.5 Å². The van der Waals surface area contributed by atoms with Gasteiger partial charge in [-0.2, -0.15) is 0 Å². The number of nitro benzene ring substituents is 1. The zero-order valence-electron chi connectivity index (χ0n) is 17.3. The van der Waals surface area contributed by atoms with Gasteiger partial charge in [0.2, 0.25) is 17.7 Å². The van der Waals surface area contributed by atoms with Crippen molar-refractivity contribution >= 4 is 34.8 Å². The Morgan fingerprint density at radius 1 is 1.12 bits per heavy atom. The molecule has 9 heteroatoms. The van der Waals surface area contributed by atoms with E-state index >= 15 is 0 Å². The van der Waals surface area contributed by atoms with E-state index in [4.69, 9.17) is 0 Å². The van der Waals surface area contributed by atoms with Crippen molar-refractivity contribution in [1.82, 2.24) is 4.90 Å². The van der Waals surface area contributed by atoms with Crippen molar-refractivity contribution in [2.24, 2.45) is 11.8 Å². The van der Waals surface area contributed by atoms with Gasteiger partial charge in [0.25, 0.3) is 5.69 Å². The highest BCUT2D eigenvalue weighted by atomic mass is 16.6. The number of imide groups is 1. The first-order valence-electron chi connectivity index (χ1n) is 10.7. The molecule has 4 aliphatic heterocycles. The summed E-state index contributed by atoms with van der Waals surface area (Å²) in [7, 11) is 0. The van der Waals surface area contributed by atoms with Gasteiger partial charge in [-0.3, -0.25) is 29.4 Å². The molecule has 0 saturated carbocycles. The number of aryl methyl sites for hydroxylation is 1. The molecular formula is C23H20N4O5. The fourth-order valence-electron chi connectivity index (χ4n) is 6.40. The van der Waals surface area contributed by atoms with Gasteiger partial charge in [0.15, 0.2) is 0 Å². The Morgan fingerprint density at radius 2 is 1.91 bits per heavy atom. The van der Waals surface area contributed by atoms with Crippen LogP contribution in [0.15, 0.2) is 42.5 Å². The summed E-state index contributed by atoms with van der Waals surface area (Å²) in [6, 6.07) is 11.3. The normalized spacial score (nSPS) is 30.6. The van der Waals surface area contributed by atoms with Gasteiger partial charge in [0.1, 0.15) is 5.54 Å². The number of amides is 3. The van der Waals surface area contributed by atoms with Crippen molar-refractivity contribution < 1.29 is 19.3 Å². The second-order valence-electron chi connectivity index (χ2n) is 8.91. The Kier molecular flexibility index (Phi) is 3.72. The second kappa shape index (κ2) is 6.23. The highest BCUT2D eigenvalue weighted by molar-refractivity contribution is 6.26. The van der Waals surface area contributed by atoms with Crippen LogP contribution in [0.4, 0.5) is 17.1 Å². The molecule has 3 fully saturated rings. The number of nitrogens with zero attached hydrogens (tertiary/aromatic N) is 3. The molecule has 4 heterocycles. The Bertz CT molecular complexity index is 1240. The zero-order valence-corrected chi connectivity index (χ0v) is 17.3. The van der Waals surface area contributed by atoms with E-state index in [0.717, 1.165) is 23.3 Å². The van der Waals surface area contributed by atoms with Gasteiger partial charge < -0.3 is 5.32 Å². The third-order valence-corrected chi connectivity index (χ3v) is 7.53. The number of carbonyl (C=O) groups is 3. The van der Waals surface area contributed by atoms with Gasteiger partial charge in [-0.15, -0.1) is 0 Å². The van der Waals surface area contributed by atoms with Crippen molar-refractivity contribution in [1.29, 1.82) is 0 Å². The summed E-state index contributed by atoms with van der Waals surface area (Å²) in [5, 5.41) is 14.1. The first-order valence-corrected chi connectivity index (χ1v) is 10.7. The predicted molar refractivity (Wildman–Crippen MR) is 114 cm³/mol. The first-order chi connectivity index (χ1) is 15.4. The Morgan fingerprint density at radius 3 is 2.66 bits per heavy atom. The number of anilines is 2. The molecule has 3 saturated heterocycles. The molecule has 2 aromatic rings. The summed E-state index contributed by atoms with van der Waals surface area (Å²) in [6.07, 6.45) is 1.59. The lowest BCUT2D eigenvalue weighted by atomic mass is 9.75. The lowest BCUT2D eigenvalue weighted by Gasteiger charge is -2.36. The van der Waals surface area contributed by atoms with E-state index < -0.39 is 28.2 Å². The highest BCUT2D eigenvalue weighted by Crippen LogP contribution is 2.60. The molecular weight excluding hydrogens is 412 g/mol. The van der Waals surface area contributed by atoms with Gasteiger partial charge >= 0.3 is 0 Å². The molecule has 2 aromatic carbocycles. The Labute approximate surface area is 183 Å². The third kappa shape index (κ3) is 2.09. The van der Waals surface area contributed by atoms with Crippen LogP contribution in [0.2, 0.25) is 0 Å². The average molecular weight is 432 g/mol. The summed E-state index contributed by atoms with van der Waals surface area (Å²) in [4.78, 5) is 54.9. The number of nitrogens with one attached hydrogen (secondary N) is 1. The molecule has 9 nitrogen and oxygen atoms in total. The fraction of sp³-hybridized carbons (Fsp3) is 0.348. The van der Waals surface area contributed by atoms with Crippen molar-refractivity contribution in [3.05, 3.63) is 63.7 Å². The largest absolute Gasteiger partial charge is 0.324 e. The average Bonchev–Trinajstić information content (AvgIpc) is 3.47. The van der Waals surface area contributed by atoms with E-state index in [1.54, 1.807) is 6.92 Å². The Balaban J connectivity index is 1.52. The standard InChI is InChI=1S/C23H20N4O5/c1-12-11-13(27(31)32)8-9-16(12)26-20(28)18-17-7-4-10-25(17)23(19(18)21(26)29)14-5-2-3-6-15(14)24-22(23)30/h2-3,5-6,8-9,11,17-19H,4,7,10H2,1H3,(H,24,30)/t17-,18+,19-,23+/m0/s1. The molecule has 6 rings (SSSR count). The van der Waals surface area contributed by atoms with Crippen molar-refractivity contribution in [2.75, 3.05) is 16.8 Å². The summed E-state index contributed by atoms with van der Waals surface area (Å²) in [5.41, 5.74) is 0.911. The van der Waals surface area contributed by atoms with Crippen LogP contribution in [0.5, 0.6) is 0 Å². The number of rotatable bonds is 2. The van der Waals surface area contributed by atoms with Crippen molar-refractivity contribution in [2.45, 2.75) is 31.3 Å². The number of nitro groups is 1. The van der Waals surface area contributed by atoms with E-state index in [9.17, 15) is 24.5 Å². The van der Waals surface area contributed by atoms with Crippen LogP contribution in [0.25, 0.3) is 0 Å². The topological polar surface area (TPSA) is 113 Å². The molecule has 1 spiro atoms. The number of hydrogen-bond acceptors (Lipinski definition) is 6. The molecule has 3 amide bonds. The number of carbonyl (C=O) groups excluding carboxylic acids is 3. The van der Waals surface area contributed by atoms with Crippen LogP contribution in [0.3, 0.4) is 0 Å².